The second kappa shape index (κ2) is 13.6. The van der Waals surface area contributed by atoms with E-state index in [1.54, 1.807) is 0 Å². The van der Waals surface area contributed by atoms with E-state index in [2.05, 4.69) is 55.7 Å². The number of piperidine rings is 1. The Hall–Kier alpha value is -0.830. The summed E-state index contributed by atoms with van der Waals surface area (Å²) in [7, 11) is 2.16. The summed E-state index contributed by atoms with van der Waals surface area (Å²) in [5.74, 6) is 0.926. The lowest BCUT2D eigenvalue weighted by Gasteiger charge is -2.33. The van der Waals surface area contributed by atoms with Crippen molar-refractivity contribution in [2.75, 3.05) is 46.3 Å². The van der Waals surface area contributed by atoms with Crippen molar-refractivity contribution in [3.8, 4) is 0 Å². The fourth-order valence-electron chi connectivity index (χ4n) is 2.58. The molecule has 5 heteroatoms. The van der Waals surface area contributed by atoms with Crippen LogP contribution in [0, 0.1) is 5.92 Å². The van der Waals surface area contributed by atoms with E-state index < -0.39 is 0 Å². The maximum atomic E-state index is 3.93. The summed E-state index contributed by atoms with van der Waals surface area (Å²) < 4.78 is 0. The molecule has 2 rings (SSSR count). The standard InChI is InChI=1S/C9H17N.C8H16N2.CH4.2B/c2*1-8(2)10-6-4-9(3)5-7-10;;;/h9H,1,4-7H2,2-3H3;1,4-7H2,2-3H3;1H4;;. The Balaban J connectivity index is -0.000000308. The van der Waals surface area contributed by atoms with Crippen LogP contribution in [-0.2, 0) is 0 Å². The van der Waals surface area contributed by atoms with Gasteiger partial charge in [0.05, 0.1) is 0 Å². The van der Waals surface area contributed by atoms with Crippen LogP contribution < -0.4 is 0 Å². The number of hydrogen-bond acceptors (Lipinski definition) is 3. The minimum atomic E-state index is 0. The molecule has 0 atom stereocenters. The molecular formula is C18H37B2N3. The first kappa shape index (κ1) is 27.0. The lowest BCUT2D eigenvalue weighted by Crippen LogP contribution is -2.43. The highest BCUT2D eigenvalue weighted by molar-refractivity contribution is 5.76. The number of nitrogens with zero attached hydrogens (tertiary/aromatic N) is 3. The van der Waals surface area contributed by atoms with Crippen LogP contribution in [0.4, 0.5) is 0 Å². The molecule has 2 fully saturated rings. The molecule has 130 valence electrons. The van der Waals surface area contributed by atoms with E-state index in [-0.39, 0.29) is 24.3 Å². The van der Waals surface area contributed by atoms with Gasteiger partial charge in [0.25, 0.3) is 0 Å². The van der Waals surface area contributed by atoms with Crippen LogP contribution >= 0.6 is 0 Å². The quantitative estimate of drug-likeness (QED) is 0.725. The molecular weight excluding hydrogens is 280 g/mol. The Bertz CT molecular complexity index is 286. The minimum Gasteiger partial charge on any atom is -0.376 e. The van der Waals surface area contributed by atoms with Gasteiger partial charge in [-0.2, -0.15) is 0 Å². The molecule has 0 aliphatic carbocycles. The zero-order chi connectivity index (χ0) is 15.1. The lowest BCUT2D eigenvalue weighted by molar-refractivity contribution is 0.187. The normalized spacial score (nSPS) is 18.4. The maximum absolute atomic E-state index is 3.93. The third kappa shape index (κ3) is 10.5. The van der Waals surface area contributed by atoms with E-state index in [4.69, 9.17) is 0 Å². The van der Waals surface area contributed by atoms with Crippen LogP contribution in [0.5, 0.6) is 0 Å². The van der Waals surface area contributed by atoms with Crippen molar-refractivity contribution in [2.45, 2.75) is 41.0 Å². The number of likely N-dealkylation sites (N-methyl/N-ethyl adjacent to an activating group) is 1. The van der Waals surface area contributed by atoms with Gasteiger partial charge < -0.3 is 14.7 Å². The monoisotopic (exact) mass is 317 g/mol. The van der Waals surface area contributed by atoms with E-state index >= 15 is 0 Å². The van der Waals surface area contributed by atoms with E-state index in [0.29, 0.717) is 0 Å². The van der Waals surface area contributed by atoms with E-state index in [0.717, 1.165) is 19.0 Å². The zero-order valence-corrected chi connectivity index (χ0v) is 15.1. The molecule has 0 amide bonds. The smallest absolute Gasteiger partial charge is 0.0302 e. The van der Waals surface area contributed by atoms with Gasteiger partial charge in [-0.05, 0) is 39.7 Å². The Labute approximate surface area is 149 Å². The summed E-state index contributed by atoms with van der Waals surface area (Å²) in [6.45, 7) is 21.4. The maximum Gasteiger partial charge on any atom is 0.0302 e. The molecule has 6 radical (unpaired) electrons. The van der Waals surface area contributed by atoms with Crippen molar-refractivity contribution in [2.24, 2.45) is 5.92 Å². The fourth-order valence-corrected chi connectivity index (χ4v) is 2.58. The zero-order valence-electron chi connectivity index (χ0n) is 15.1. The second-order valence-corrected chi connectivity index (χ2v) is 6.43. The SMILES string of the molecule is C.C=C(C)N1CCC(C)CC1.C=C(C)N1CCN(C)CC1.[B].[B]. The molecule has 2 aliphatic heterocycles. The van der Waals surface area contributed by atoms with Crippen molar-refractivity contribution in [1.82, 2.24) is 14.7 Å². The highest BCUT2D eigenvalue weighted by atomic mass is 15.2. The van der Waals surface area contributed by atoms with Gasteiger partial charge in [-0.1, -0.05) is 27.5 Å². The highest BCUT2D eigenvalue weighted by Gasteiger charge is 2.14. The number of likely N-dealkylation sites (tertiary alicyclic amines) is 1. The topological polar surface area (TPSA) is 9.72 Å². The Morgan fingerprint density at radius 2 is 1.13 bits per heavy atom. The molecule has 0 aromatic heterocycles. The summed E-state index contributed by atoms with van der Waals surface area (Å²) in [4.78, 5) is 7.06. The van der Waals surface area contributed by atoms with Gasteiger partial charge in [-0.15, -0.1) is 0 Å². The van der Waals surface area contributed by atoms with Gasteiger partial charge in [-0.25, -0.2) is 0 Å². The summed E-state index contributed by atoms with van der Waals surface area (Å²) in [5.41, 5.74) is 2.43. The molecule has 0 aromatic rings. The van der Waals surface area contributed by atoms with Crippen molar-refractivity contribution in [3.63, 3.8) is 0 Å². The predicted octanol–water partition coefficient (Wildman–Crippen LogP) is 2.89. The highest BCUT2D eigenvalue weighted by Crippen LogP contribution is 2.18. The van der Waals surface area contributed by atoms with Gasteiger partial charge in [0.1, 0.15) is 0 Å². The molecule has 2 saturated heterocycles. The van der Waals surface area contributed by atoms with Crippen LogP contribution in [0.15, 0.2) is 24.6 Å². The van der Waals surface area contributed by atoms with Crippen LogP contribution in [0.1, 0.15) is 41.0 Å². The Morgan fingerprint density at radius 1 is 0.783 bits per heavy atom. The molecule has 0 N–H and O–H groups in total. The third-order valence-electron chi connectivity index (χ3n) is 4.37. The average Bonchev–Trinajstić information content (AvgIpc) is 2.40. The first-order valence-corrected chi connectivity index (χ1v) is 7.89. The number of rotatable bonds is 2. The largest absolute Gasteiger partial charge is 0.376 e. The lowest BCUT2D eigenvalue weighted by atomic mass is 9.99. The summed E-state index contributed by atoms with van der Waals surface area (Å²) in [5, 5.41) is 0. The Kier molecular flexibility index (Phi) is 16.0. The van der Waals surface area contributed by atoms with Crippen molar-refractivity contribution >= 4 is 16.8 Å². The van der Waals surface area contributed by atoms with Crippen LogP contribution in [0.25, 0.3) is 0 Å². The predicted molar refractivity (Wildman–Crippen MR) is 107 cm³/mol. The summed E-state index contributed by atoms with van der Waals surface area (Å²) >= 11 is 0. The van der Waals surface area contributed by atoms with E-state index in [1.165, 1.54) is 50.4 Å². The van der Waals surface area contributed by atoms with Gasteiger partial charge in [0, 0.05) is 67.5 Å². The molecule has 0 spiro atoms. The fraction of sp³-hybridized carbons (Fsp3) is 0.778. The van der Waals surface area contributed by atoms with Crippen LogP contribution in [0.2, 0.25) is 0 Å². The van der Waals surface area contributed by atoms with E-state index in [9.17, 15) is 0 Å². The first-order valence-electron chi connectivity index (χ1n) is 7.89. The van der Waals surface area contributed by atoms with Crippen molar-refractivity contribution < 1.29 is 0 Å². The van der Waals surface area contributed by atoms with E-state index in [1.807, 2.05) is 0 Å². The number of allylic oxidation sites excluding steroid dienone is 2. The van der Waals surface area contributed by atoms with Crippen LogP contribution in [-0.4, -0.2) is 77.8 Å². The molecule has 0 aromatic carbocycles. The van der Waals surface area contributed by atoms with Gasteiger partial charge >= 0.3 is 0 Å². The Morgan fingerprint density at radius 3 is 1.48 bits per heavy atom. The second-order valence-electron chi connectivity index (χ2n) is 6.43. The molecule has 23 heavy (non-hydrogen) atoms. The van der Waals surface area contributed by atoms with Crippen molar-refractivity contribution in [1.29, 1.82) is 0 Å². The summed E-state index contributed by atoms with van der Waals surface area (Å²) in [6.07, 6.45) is 2.68. The molecule has 0 bridgehead atoms. The minimum absolute atomic E-state index is 0. The molecule has 0 unspecified atom stereocenters. The molecule has 2 heterocycles. The molecule has 3 nitrogen and oxygen atoms in total. The summed E-state index contributed by atoms with van der Waals surface area (Å²) in [6, 6.07) is 0. The number of piperazine rings is 1. The average molecular weight is 317 g/mol. The third-order valence-corrected chi connectivity index (χ3v) is 4.37. The van der Waals surface area contributed by atoms with Gasteiger partial charge in [0.15, 0.2) is 0 Å². The van der Waals surface area contributed by atoms with Gasteiger partial charge in [-0.3, -0.25) is 0 Å². The number of hydrogen-bond donors (Lipinski definition) is 0. The van der Waals surface area contributed by atoms with Gasteiger partial charge in [0.2, 0.25) is 0 Å². The van der Waals surface area contributed by atoms with Crippen molar-refractivity contribution in [3.05, 3.63) is 24.6 Å². The molecule has 2 aliphatic rings. The van der Waals surface area contributed by atoms with Crippen LogP contribution in [0.3, 0.4) is 0 Å². The first-order chi connectivity index (χ1) is 9.40. The molecule has 0 saturated carbocycles.